The Kier molecular flexibility index (Phi) is 4.69. The lowest BCUT2D eigenvalue weighted by Crippen LogP contribution is -2.33. The molecule has 2 heterocycles. The van der Waals surface area contributed by atoms with Crippen molar-refractivity contribution in [2.24, 2.45) is 10.9 Å². The Labute approximate surface area is 113 Å². The third-order valence-electron chi connectivity index (χ3n) is 2.85. The first-order valence-electron chi connectivity index (χ1n) is 6.58. The van der Waals surface area contributed by atoms with Crippen molar-refractivity contribution in [2.45, 2.75) is 45.8 Å². The first-order valence-corrected chi connectivity index (χ1v) is 7.56. The van der Waals surface area contributed by atoms with Crippen LogP contribution in [0.3, 0.4) is 0 Å². The summed E-state index contributed by atoms with van der Waals surface area (Å²) in [6.07, 6.45) is 4.99. The molecule has 0 fully saturated rings. The quantitative estimate of drug-likeness (QED) is 0.889. The Morgan fingerprint density at radius 2 is 2.33 bits per heavy atom. The van der Waals surface area contributed by atoms with E-state index in [-0.39, 0.29) is 0 Å². The van der Waals surface area contributed by atoms with Gasteiger partial charge in [0.15, 0.2) is 5.17 Å². The van der Waals surface area contributed by atoms with E-state index in [0.29, 0.717) is 12.1 Å². The third-order valence-corrected chi connectivity index (χ3v) is 3.89. The highest BCUT2D eigenvalue weighted by Crippen LogP contribution is 2.22. The van der Waals surface area contributed by atoms with E-state index >= 15 is 0 Å². The van der Waals surface area contributed by atoms with Crippen LogP contribution in [-0.2, 0) is 6.54 Å². The molecule has 0 amide bonds. The molecule has 2 atom stereocenters. The zero-order valence-corrected chi connectivity index (χ0v) is 12.2. The van der Waals surface area contributed by atoms with Gasteiger partial charge in [0.25, 0.3) is 0 Å². The minimum absolute atomic E-state index is 0.356. The number of thioether (sulfide) groups is 1. The summed E-state index contributed by atoms with van der Waals surface area (Å²) in [4.78, 5) is 4.74. The minimum Gasteiger partial charge on any atom is -0.361 e. The molecule has 5 heteroatoms. The first-order chi connectivity index (χ1) is 8.63. The van der Waals surface area contributed by atoms with E-state index in [9.17, 15) is 0 Å². The summed E-state index contributed by atoms with van der Waals surface area (Å²) < 4.78 is 1.95. The normalized spacial score (nSPS) is 21.1. The van der Waals surface area contributed by atoms with Crippen LogP contribution in [0.2, 0.25) is 0 Å². The smallest absolute Gasteiger partial charge is 0.157 e. The molecular weight excluding hydrogens is 244 g/mol. The van der Waals surface area contributed by atoms with Crippen molar-refractivity contribution >= 4 is 16.9 Å². The molecule has 0 radical (unpaired) electrons. The van der Waals surface area contributed by atoms with E-state index < -0.39 is 0 Å². The van der Waals surface area contributed by atoms with Crippen molar-refractivity contribution in [3.05, 3.63) is 18.5 Å². The van der Waals surface area contributed by atoms with E-state index in [0.717, 1.165) is 23.4 Å². The lowest BCUT2D eigenvalue weighted by atomic mass is 10.1. The molecule has 1 aliphatic rings. The minimum atomic E-state index is 0.356. The Morgan fingerprint density at radius 1 is 1.50 bits per heavy atom. The van der Waals surface area contributed by atoms with E-state index in [1.807, 2.05) is 34.9 Å². The van der Waals surface area contributed by atoms with Gasteiger partial charge >= 0.3 is 0 Å². The molecule has 2 unspecified atom stereocenters. The fourth-order valence-electron chi connectivity index (χ4n) is 2.10. The molecule has 2 rings (SSSR count). The van der Waals surface area contributed by atoms with Crippen LogP contribution in [0.5, 0.6) is 0 Å². The van der Waals surface area contributed by atoms with E-state index in [1.54, 1.807) is 0 Å². The predicted octanol–water partition coefficient (Wildman–Crippen LogP) is 2.38. The standard InChI is InChI=1S/C13H22N4S/c1-10(2)7-12-9-18-13(16-12)15-11(3)8-17-6-4-5-14-17/h4-6,10-12H,7-9H2,1-3H3,(H,15,16). The van der Waals surface area contributed by atoms with Crippen molar-refractivity contribution in [2.75, 3.05) is 5.75 Å². The van der Waals surface area contributed by atoms with Crippen LogP contribution < -0.4 is 5.32 Å². The van der Waals surface area contributed by atoms with Crippen LogP contribution in [0.1, 0.15) is 27.2 Å². The van der Waals surface area contributed by atoms with Crippen LogP contribution in [0.15, 0.2) is 23.5 Å². The monoisotopic (exact) mass is 266 g/mol. The van der Waals surface area contributed by atoms with E-state index in [1.165, 1.54) is 6.42 Å². The molecule has 1 aromatic rings. The summed E-state index contributed by atoms with van der Waals surface area (Å²) in [5, 5.41) is 8.79. The highest BCUT2D eigenvalue weighted by molar-refractivity contribution is 8.14. The maximum Gasteiger partial charge on any atom is 0.157 e. The fraction of sp³-hybridized carbons (Fsp3) is 0.692. The number of aliphatic imine (C=N–C) groups is 1. The van der Waals surface area contributed by atoms with Gasteiger partial charge in [-0.15, -0.1) is 0 Å². The lowest BCUT2D eigenvalue weighted by molar-refractivity contribution is 0.503. The van der Waals surface area contributed by atoms with Crippen molar-refractivity contribution in [1.82, 2.24) is 15.1 Å². The SMILES string of the molecule is CC(C)CC1CSC(NC(C)Cn2cccn2)=N1. The number of nitrogens with zero attached hydrogens (tertiary/aromatic N) is 3. The van der Waals surface area contributed by atoms with Gasteiger partial charge in [-0.3, -0.25) is 9.67 Å². The number of nitrogens with one attached hydrogen (secondary N) is 1. The van der Waals surface area contributed by atoms with Gasteiger partial charge < -0.3 is 5.32 Å². The van der Waals surface area contributed by atoms with Crippen LogP contribution in [0.4, 0.5) is 0 Å². The van der Waals surface area contributed by atoms with E-state index in [2.05, 4.69) is 31.2 Å². The van der Waals surface area contributed by atoms with Gasteiger partial charge in [-0.25, -0.2) is 0 Å². The summed E-state index contributed by atoms with van der Waals surface area (Å²) >= 11 is 1.84. The van der Waals surface area contributed by atoms with E-state index in [4.69, 9.17) is 4.99 Å². The molecule has 0 aromatic carbocycles. The summed E-state index contributed by atoms with van der Waals surface area (Å²) in [5.41, 5.74) is 0. The van der Waals surface area contributed by atoms with Gasteiger partial charge in [-0.1, -0.05) is 25.6 Å². The molecule has 0 saturated carbocycles. The average molecular weight is 266 g/mol. The van der Waals surface area contributed by atoms with Gasteiger partial charge in [0.2, 0.25) is 0 Å². The number of hydrogen-bond donors (Lipinski definition) is 1. The van der Waals surface area contributed by atoms with Crippen molar-refractivity contribution < 1.29 is 0 Å². The van der Waals surface area contributed by atoms with Gasteiger partial charge in [0, 0.05) is 24.2 Å². The number of hydrogen-bond acceptors (Lipinski definition) is 4. The zero-order chi connectivity index (χ0) is 13.0. The number of rotatable bonds is 5. The van der Waals surface area contributed by atoms with Crippen LogP contribution in [0.25, 0.3) is 0 Å². The summed E-state index contributed by atoms with van der Waals surface area (Å²) in [6, 6.07) is 2.80. The second-order valence-corrected chi connectivity index (χ2v) is 6.31. The Balaban J connectivity index is 1.79. The molecule has 0 bridgehead atoms. The highest BCUT2D eigenvalue weighted by Gasteiger charge is 2.20. The van der Waals surface area contributed by atoms with Crippen LogP contribution in [0, 0.1) is 5.92 Å². The summed E-state index contributed by atoms with van der Waals surface area (Å²) in [5.74, 6) is 1.84. The van der Waals surface area contributed by atoms with Crippen molar-refractivity contribution in [3.63, 3.8) is 0 Å². The zero-order valence-electron chi connectivity index (χ0n) is 11.3. The first kappa shape index (κ1) is 13.5. The maximum absolute atomic E-state index is 4.74. The topological polar surface area (TPSA) is 42.2 Å². The average Bonchev–Trinajstić information content (AvgIpc) is 2.89. The Morgan fingerprint density at radius 3 is 3.00 bits per heavy atom. The Bertz CT molecular complexity index is 386. The van der Waals surface area contributed by atoms with Crippen molar-refractivity contribution in [3.8, 4) is 0 Å². The van der Waals surface area contributed by atoms with Gasteiger partial charge in [0.05, 0.1) is 12.6 Å². The highest BCUT2D eigenvalue weighted by atomic mass is 32.2. The molecule has 0 saturated heterocycles. The molecule has 0 aliphatic carbocycles. The van der Waals surface area contributed by atoms with Gasteiger partial charge in [0.1, 0.15) is 0 Å². The number of amidine groups is 1. The lowest BCUT2D eigenvalue weighted by Gasteiger charge is -2.14. The predicted molar refractivity (Wildman–Crippen MR) is 78.0 cm³/mol. The van der Waals surface area contributed by atoms with Crippen LogP contribution in [-0.4, -0.2) is 32.8 Å². The maximum atomic E-state index is 4.74. The van der Waals surface area contributed by atoms with Crippen molar-refractivity contribution in [1.29, 1.82) is 0 Å². The molecule has 4 nitrogen and oxygen atoms in total. The third kappa shape index (κ3) is 4.05. The van der Waals surface area contributed by atoms with Gasteiger partial charge in [-0.2, -0.15) is 5.10 Å². The summed E-state index contributed by atoms with van der Waals surface area (Å²) in [7, 11) is 0. The van der Waals surface area contributed by atoms with Gasteiger partial charge in [-0.05, 0) is 25.3 Å². The molecule has 18 heavy (non-hydrogen) atoms. The second kappa shape index (κ2) is 6.27. The molecule has 1 aliphatic heterocycles. The molecule has 100 valence electrons. The molecular formula is C13H22N4S. The molecule has 1 N–H and O–H groups in total. The summed E-state index contributed by atoms with van der Waals surface area (Å²) in [6.45, 7) is 7.56. The second-order valence-electron chi connectivity index (χ2n) is 5.30. The number of aromatic nitrogens is 2. The Hall–Kier alpha value is -0.970. The largest absolute Gasteiger partial charge is 0.361 e. The molecule has 1 aromatic heterocycles. The fourth-order valence-corrected chi connectivity index (χ4v) is 3.17. The molecule has 0 spiro atoms. The van der Waals surface area contributed by atoms with Crippen LogP contribution >= 0.6 is 11.8 Å².